The molecule has 0 atom stereocenters. The van der Waals surface area contributed by atoms with Crippen LogP contribution in [0.5, 0.6) is 0 Å². The van der Waals surface area contributed by atoms with E-state index in [1.807, 2.05) is 6.07 Å². The molecule has 0 saturated heterocycles. The van der Waals surface area contributed by atoms with E-state index < -0.39 is 11.6 Å². The summed E-state index contributed by atoms with van der Waals surface area (Å²) >= 11 is 0. The van der Waals surface area contributed by atoms with Crippen LogP contribution in [0, 0.1) is 11.6 Å². The van der Waals surface area contributed by atoms with Gasteiger partial charge in [0.05, 0.1) is 5.56 Å². The molecule has 0 aliphatic carbocycles. The first-order valence-corrected chi connectivity index (χ1v) is 8.54. The number of hydrogen-bond donors (Lipinski definition) is 2. The quantitative estimate of drug-likeness (QED) is 0.736. The average Bonchev–Trinajstić information content (AvgIpc) is 2.98. The van der Waals surface area contributed by atoms with Gasteiger partial charge in [0.2, 0.25) is 0 Å². The minimum absolute atomic E-state index is 0.0994. The minimum atomic E-state index is -1.04. The van der Waals surface area contributed by atoms with Crippen molar-refractivity contribution in [3.8, 4) is 17.1 Å². The highest BCUT2D eigenvalue weighted by atomic mass is 19.2. The van der Waals surface area contributed by atoms with E-state index in [2.05, 4.69) is 31.9 Å². The summed E-state index contributed by atoms with van der Waals surface area (Å²) in [6, 6.07) is 5.65. The van der Waals surface area contributed by atoms with E-state index in [4.69, 9.17) is 5.73 Å². The normalized spacial score (nSPS) is 14.7. The maximum Gasteiger partial charge on any atom is 0.190 e. The summed E-state index contributed by atoms with van der Waals surface area (Å²) in [4.78, 5) is 4.26. The third-order valence-corrected chi connectivity index (χ3v) is 4.44. The van der Waals surface area contributed by atoms with Crippen LogP contribution in [0.2, 0.25) is 0 Å². The van der Waals surface area contributed by atoms with Gasteiger partial charge in [0.15, 0.2) is 17.5 Å². The molecule has 0 amide bonds. The summed E-state index contributed by atoms with van der Waals surface area (Å²) in [5.41, 5.74) is 8.44. The number of nitrogen functional groups attached to an aromatic ring is 1. The molecule has 3 aromatic rings. The van der Waals surface area contributed by atoms with Crippen molar-refractivity contribution in [2.24, 2.45) is 0 Å². The summed E-state index contributed by atoms with van der Waals surface area (Å²) in [6.45, 7) is 1.80. The molecule has 3 heterocycles. The first-order valence-electron chi connectivity index (χ1n) is 8.54. The summed E-state index contributed by atoms with van der Waals surface area (Å²) < 4.78 is 29.0. The second-order valence-electron chi connectivity index (χ2n) is 6.16. The standard InChI is InChI=1S/C18H17F2N7/c19-14-4-1-5-15(16(14)20)27-18(24-25-26-27)13-9-12(10-23-17(13)21)11-3-2-7-22-8-6-11/h1,3-5,9-10,22H,2,6-8H2,(H2,21,23). The highest BCUT2D eigenvalue weighted by Crippen LogP contribution is 2.29. The van der Waals surface area contributed by atoms with Crippen LogP contribution in [-0.2, 0) is 0 Å². The van der Waals surface area contributed by atoms with Gasteiger partial charge in [0.1, 0.15) is 11.5 Å². The third-order valence-electron chi connectivity index (χ3n) is 4.44. The Morgan fingerprint density at radius 3 is 2.96 bits per heavy atom. The van der Waals surface area contributed by atoms with Crippen molar-refractivity contribution < 1.29 is 8.78 Å². The van der Waals surface area contributed by atoms with Crippen molar-refractivity contribution in [2.75, 3.05) is 18.8 Å². The van der Waals surface area contributed by atoms with Gasteiger partial charge in [-0.15, -0.1) is 5.10 Å². The van der Waals surface area contributed by atoms with Gasteiger partial charge in [-0.25, -0.2) is 13.8 Å². The van der Waals surface area contributed by atoms with Gasteiger partial charge < -0.3 is 11.1 Å². The third kappa shape index (κ3) is 3.28. The molecule has 1 aromatic carbocycles. The van der Waals surface area contributed by atoms with Gasteiger partial charge in [-0.05, 0) is 65.7 Å². The number of halogens is 2. The van der Waals surface area contributed by atoms with Gasteiger partial charge in [-0.3, -0.25) is 0 Å². The molecule has 0 bridgehead atoms. The fourth-order valence-electron chi connectivity index (χ4n) is 3.06. The largest absolute Gasteiger partial charge is 0.383 e. The van der Waals surface area contributed by atoms with E-state index in [1.165, 1.54) is 12.1 Å². The molecule has 4 rings (SSSR count). The number of nitrogens with one attached hydrogen (secondary N) is 1. The smallest absolute Gasteiger partial charge is 0.190 e. The Morgan fingerprint density at radius 2 is 2.07 bits per heavy atom. The Morgan fingerprint density at radius 1 is 1.19 bits per heavy atom. The van der Waals surface area contributed by atoms with Crippen LogP contribution in [0.1, 0.15) is 18.4 Å². The first-order chi connectivity index (χ1) is 13.1. The number of rotatable bonds is 3. The molecule has 0 unspecified atom stereocenters. The number of tetrazole rings is 1. The van der Waals surface area contributed by atoms with Crippen molar-refractivity contribution in [1.82, 2.24) is 30.5 Å². The number of anilines is 1. The summed E-state index contributed by atoms with van der Waals surface area (Å²) in [7, 11) is 0. The number of nitrogens with zero attached hydrogens (tertiary/aromatic N) is 5. The monoisotopic (exact) mass is 369 g/mol. The SMILES string of the molecule is Nc1ncc(C2=CCCNCC2)cc1-c1nnnn1-c1cccc(F)c1F. The number of aromatic nitrogens is 5. The molecular weight excluding hydrogens is 352 g/mol. The lowest BCUT2D eigenvalue weighted by molar-refractivity contribution is 0.501. The average molecular weight is 369 g/mol. The van der Waals surface area contributed by atoms with Gasteiger partial charge in [0.25, 0.3) is 0 Å². The number of pyridine rings is 1. The van der Waals surface area contributed by atoms with E-state index in [-0.39, 0.29) is 17.3 Å². The Labute approximate surface area is 153 Å². The number of nitrogens with two attached hydrogens (primary N) is 1. The molecule has 0 fully saturated rings. The molecule has 27 heavy (non-hydrogen) atoms. The highest BCUT2D eigenvalue weighted by Gasteiger charge is 2.19. The molecule has 1 aliphatic heterocycles. The Bertz CT molecular complexity index is 1010. The summed E-state index contributed by atoms with van der Waals surface area (Å²) in [5.74, 6) is -1.62. The van der Waals surface area contributed by atoms with E-state index in [0.29, 0.717) is 5.56 Å². The zero-order chi connectivity index (χ0) is 18.8. The van der Waals surface area contributed by atoms with Crippen LogP contribution in [0.4, 0.5) is 14.6 Å². The summed E-state index contributed by atoms with van der Waals surface area (Å²) in [5, 5.41) is 14.7. The van der Waals surface area contributed by atoms with Crippen LogP contribution in [0.3, 0.4) is 0 Å². The molecule has 0 spiro atoms. The fourth-order valence-corrected chi connectivity index (χ4v) is 3.06. The molecule has 7 nitrogen and oxygen atoms in total. The second-order valence-corrected chi connectivity index (χ2v) is 6.16. The molecule has 1 aliphatic rings. The van der Waals surface area contributed by atoms with Crippen molar-refractivity contribution in [1.29, 1.82) is 0 Å². The van der Waals surface area contributed by atoms with Crippen LogP contribution in [0.25, 0.3) is 22.6 Å². The van der Waals surface area contributed by atoms with Crippen LogP contribution >= 0.6 is 0 Å². The maximum absolute atomic E-state index is 14.2. The first kappa shape index (κ1) is 17.2. The Hall–Kier alpha value is -3.20. The highest BCUT2D eigenvalue weighted by molar-refractivity contribution is 5.76. The molecule has 3 N–H and O–H groups in total. The van der Waals surface area contributed by atoms with Gasteiger partial charge in [0, 0.05) is 6.20 Å². The van der Waals surface area contributed by atoms with E-state index in [9.17, 15) is 8.78 Å². The van der Waals surface area contributed by atoms with E-state index in [1.54, 1.807) is 6.20 Å². The van der Waals surface area contributed by atoms with Crippen LogP contribution < -0.4 is 11.1 Å². The predicted octanol–water partition coefficient (Wildman–Crippen LogP) is 2.35. The lowest BCUT2D eigenvalue weighted by Crippen LogP contribution is -2.13. The van der Waals surface area contributed by atoms with Crippen molar-refractivity contribution in [2.45, 2.75) is 12.8 Å². The molecular formula is C18H17F2N7. The lowest BCUT2D eigenvalue weighted by Gasteiger charge is -2.11. The fraction of sp³-hybridized carbons (Fsp3) is 0.222. The number of benzene rings is 1. The molecule has 0 radical (unpaired) electrons. The van der Waals surface area contributed by atoms with Crippen molar-refractivity contribution in [3.63, 3.8) is 0 Å². The van der Waals surface area contributed by atoms with Crippen LogP contribution in [-0.4, -0.2) is 38.3 Å². The predicted molar refractivity (Wildman–Crippen MR) is 96.8 cm³/mol. The Balaban J connectivity index is 1.81. The van der Waals surface area contributed by atoms with Gasteiger partial charge in [-0.1, -0.05) is 12.1 Å². The molecule has 9 heteroatoms. The maximum atomic E-state index is 14.2. The molecule has 138 valence electrons. The molecule has 2 aromatic heterocycles. The van der Waals surface area contributed by atoms with Crippen LogP contribution in [0.15, 0.2) is 36.5 Å². The summed E-state index contributed by atoms with van der Waals surface area (Å²) in [6.07, 6.45) is 5.63. The van der Waals surface area contributed by atoms with Gasteiger partial charge >= 0.3 is 0 Å². The number of hydrogen-bond acceptors (Lipinski definition) is 6. The van der Waals surface area contributed by atoms with Gasteiger partial charge in [-0.2, -0.15) is 4.68 Å². The zero-order valence-electron chi connectivity index (χ0n) is 14.4. The lowest BCUT2D eigenvalue weighted by atomic mass is 10.0. The van der Waals surface area contributed by atoms with Crippen molar-refractivity contribution >= 4 is 11.4 Å². The zero-order valence-corrected chi connectivity index (χ0v) is 14.4. The van der Waals surface area contributed by atoms with E-state index in [0.717, 1.165) is 47.8 Å². The second kappa shape index (κ2) is 7.20. The Kier molecular flexibility index (Phi) is 4.59. The topological polar surface area (TPSA) is 94.5 Å². The van der Waals surface area contributed by atoms with E-state index >= 15 is 0 Å². The minimum Gasteiger partial charge on any atom is -0.383 e. The molecule has 0 saturated carbocycles. The van der Waals surface area contributed by atoms with Crippen molar-refractivity contribution in [3.05, 3.63) is 53.7 Å².